The van der Waals surface area contributed by atoms with Gasteiger partial charge in [0, 0.05) is 5.56 Å². The van der Waals surface area contributed by atoms with Crippen LogP contribution in [-0.2, 0) is 0 Å². The van der Waals surface area contributed by atoms with Gasteiger partial charge in [-0.05, 0) is 49.1 Å². The van der Waals surface area contributed by atoms with Crippen LogP contribution in [0.3, 0.4) is 0 Å². The highest BCUT2D eigenvalue weighted by atomic mass is 35.5. The first kappa shape index (κ1) is 16.6. The van der Waals surface area contributed by atoms with Crippen LogP contribution in [0.25, 0.3) is 0 Å². The fraction of sp³-hybridized carbons (Fsp3) is 0.364. The molecule has 0 amide bonds. The number of ether oxygens (including phenoxy) is 1. The minimum Gasteiger partial charge on any atom is -0.492 e. The number of nitriles is 1. The number of halogens is 1. The standard InChI is InChI=1S/C22H20ClN3O/c23-19-11-16(10-9-15(19)12-24)26-22(14-5-1-2-6-14)18-13-27-20-8-4-3-7-17(20)21(18)25-26/h3-4,7-11,14,18,22H,1-2,5-6,13H2. The fourth-order valence-corrected chi connectivity index (χ4v) is 5.02. The highest BCUT2D eigenvalue weighted by Crippen LogP contribution is 2.44. The lowest BCUT2D eigenvalue weighted by atomic mass is 9.82. The Morgan fingerprint density at radius 3 is 2.74 bits per heavy atom. The minimum absolute atomic E-state index is 0.261. The maximum atomic E-state index is 9.18. The second kappa shape index (κ2) is 6.58. The van der Waals surface area contributed by atoms with Crippen molar-refractivity contribution >= 4 is 23.0 Å². The third-order valence-electron chi connectivity index (χ3n) is 6.06. The number of hydrogen-bond acceptors (Lipinski definition) is 4. The van der Waals surface area contributed by atoms with Crippen molar-refractivity contribution in [3.63, 3.8) is 0 Å². The maximum Gasteiger partial charge on any atom is 0.128 e. The second-order valence-electron chi connectivity index (χ2n) is 7.55. The van der Waals surface area contributed by atoms with Crippen LogP contribution in [0.4, 0.5) is 5.69 Å². The Morgan fingerprint density at radius 2 is 1.96 bits per heavy atom. The van der Waals surface area contributed by atoms with E-state index in [4.69, 9.17) is 21.4 Å². The molecule has 27 heavy (non-hydrogen) atoms. The first-order chi connectivity index (χ1) is 13.3. The molecule has 136 valence electrons. The molecule has 4 nitrogen and oxygen atoms in total. The number of nitrogens with zero attached hydrogens (tertiary/aromatic N) is 3. The van der Waals surface area contributed by atoms with Gasteiger partial charge in [-0.3, -0.25) is 5.01 Å². The predicted molar refractivity (Wildman–Crippen MR) is 106 cm³/mol. The van der Waals surface area contributed by atoms with Gasteiger partial charge in [0.15, 0.2) is 0 Å². The molecule has 5 heteroatoms. The van der Waals surface area contributed by atoms with Gasteiger partial charge >= 0.3 is 0 Å². The average Bonchev–Trinajstić information content (AvgIpc) is 3.35. The molecule has 1 aliphatic carbocycles. The molecule has 0 aromatic heterocycles. The van der Waals surface area contributed by atoms with Crippen molar-refractivity contribution in [3.8, 4) is 11.8 Å². The van der Waals surface area contributed by atoms with E-state index in [0.29, 0.717) is 23.1 Å². The molecule has 2 heterocycles. The highest BCUT2D eigenvalue weighted by molar-refractivity contribution is 6.32. The van der Waals surface area contributed by atoms with Gasteiger partial charge < -0.3 is 4.74 Å². The molecule has 2 atom stereocenters. The number of benzene rings is 2. The summed E-state index contributed by atoms with van der Waals surface area (Å²) in [5.41, 5.74) is 3.67. The molecule has 2 unspecified atom stereocenters. The minimum atomic E-state index is 0.261. The Balaban J connectivity index is 1.60. The molecule has 1 saturated carbocycles. The van der Waals surface area contributed by atoms with E-state index >= 15 is 0 Å². The van der Waals surface area contributed by atoms with Gasteiger partial charge in [0.1, 0.15) is 11.8 Å². The Kier molecular flexibility index (Phi) is 4.06. The molecule has 2 aliphatic heterocycles. The average molecular weight is 378 g/mol. The Hall–Kier alpha value is -2.51. The summed E-state index contributed by atoms with van der Waals surface area (Å²) in [6.07, 6.45) is 5.02. The SMILES string of the molecule is N#Cc1ccc(N2N=C3c4ccccc4OCC3C2C2CCCC2)cc1Cl. The molecule has 0 radical (unpaired) electrons. The molecule has 0 N–H and O–H groups in total. The van der Waals surface area contributed by atoms with Crippen molar-refractivity contribution in [1.29, 1.82) is 5.26 Å². The number of anilines is 1. The summed E-state index contributed by atoms with van der Waals surface area (Å²) < 4.78 is 6.10. The van der Waals surface area contributed by atoms with Crippen LogP contribution in [0, 0.1) is 23.2 Å². The zero-order chi connectivity index (χ0) is 18.4. The maximum absolute atomic E-state index is 9.18. The second-order valence-corrected chi connectivity index (χ2v) is 7.96. The quantitative estimate of drug-likeness (QED) is 0.739. The normalized spacial score (nSPS) is 24.0. The lowest BCUT2D eigenvalue weighted by Crippen LogP contribution is -2.43. The summed E-state index contributed by atoms with van der Waals surface area (Å²) in [7, 11) is 0. The summed E-state index contributed by atoms with van der Waals surface area (Å²) in [6, 6.07) is 16.2. The molecule has 3 aliphatic rings. The molecular formula is C22H20ClN3O. The van der Waals surface area contributed by atoms with Crippen molar-refractivity contribution in [3.05, 3.63) is 58.6 Å². The smallest absolute Gasteiger partial charge is 0.128 e. The number of rotatable bonds is 2. The Morgan fingerprint density at radius 1 is 1.15 bits per heavy atom. The van der Waals surface area contributed by atoms with E-state index < -0.39 is 0 Å². The summed E-state index contributed by atoms with van der Waals surface area (Å²) in [5, 5.41) is 16.9. The van der Waals surface area contributed by atoms with Crippen LogP contribution < -0.4 is 9.75 Å². The van der Waals surface area contributed by atoms with Crippen molar-refractivity contribution < 1.29 is 4.74 Å². The number of para-hydroxylation sites is 1. The first-order valence-corrected chi connectivity index (χ1v) is 9.93. The third-order valence-corrected chi connectivity index (χ3v) is 6.38. The van der Waals surface area contributed by atoms with Gasteiger partial charge in [-0.1, -0.05) is 36.6 Å². The van der Waals surface area contributed by atoms with E-state index in [1.807, 2.05) is 30.3 Å². The number of hydrogen-bond donors (Lipinski definition) is 0. The van der Waals surface area contributed by atoms with Crippen molar-refractivity contribution in [2.24, 2.45) is 16.9 Å². The summed E-state index contributed by atoms with van der Waals surface area (Å²) in [5.74, 6) is 1.77. The summed E-state index contributed by atoms with van der Waals surface area (Å²) in [6.45, 7) is 0.664. The zero-order valence-corrected chi connectivity index (χ0v) is 15.7. The van der Waals surface area contributed by atoms with Crippen molar-refractivity contribution in [2.75, 3.05) is 11.6 Å². The van der Waals surface area contributed by atoms with Crippen molar-refractivity contribution in [1.82, 2.24) is 0 Å². The van der Waals surface area contributed by atoms with Crippen molar-refractivity contribution in [2.45, 2.75) is 31.7 Å². The Bertz CT molecular complexity index is 958. The van der Waals surface area contributed by atoms with Crippen LogP contribution in [0.15, 0.2) is 47.6 Å². The molecule has 0 bridgehead atoms. The largest absolute Gasteiger partial charge is 0.492 e. The number of fused-ring (bicyclic) bond motifs is 3. The fourth-order valence-electron chi connectivity index (χ4n) is 4.80. The highest BCUT2D eigenvalue weighted by Gasteiger charge is 2.46. The molecule has 2 aromatic rings. The van der Waals surface area contributed by atoms with E-state index in [1.165, 1.54) is 25.7 Å². The van der Waals surface area contributed by atoms with Gasteiger partial charge in [0.05, 0.1) is 40.6 Å². The van der Waals surface area contributed by atoms with E-state index in [0.717, 1.165) is 22.7 Å². The van der Waals surface area contributed by atoms with E-state index in [2.05, 4.69) is 17.1 Å². The third kappa shape index (κ3) is 2.69. The Labute approximate surface area is 164 Å². The van der Waals surface area contributed by atoms with Gasteiger partial charge in [-0.2, -0.15) is 10.4 Å². The lowest BCUT2D eigenvalue weighted by molar-refractivity contribution is 0.233. The first-order valence-electron chi connectivity index (χ1n) is 9.56. The zero-order valence-electron chi connectivity index (χ0n) is 14.9. The van der Waals surface area contributed by atoms with Crippen LogP contribution >= 0.6 is 11.6 Å². The van der Waals surface area contributed by atoms with Gasteiger partial charge in [-0.15, -0.1) is 0 Å². The monoisotopic (exact) mass is 377 g/mol. The molecule has 2 aromatic carbocycles. The molecule has 0 saturated heterocycles. The number of hydrazone groups is 1. The predicted octanol–water partition coefficient (Wildman–Crippen LogP) is 5.00. The van der Waals surface area contributed by atoms with E-state index in [1.54, 1.807) is 6.07 Å². The lowest BCUT2D eigenvalue weighted by Gasteiger charge is -2.34. The van der Waals surface area contributed by atoms with Crippen LogP contribution in [0.2, 0.25) is 5.02 Å². The van der Waals surface area contributed by atoms with Gasteiger partial charge in [-0.25, -0.2) is 0 Å². The molecule has 1 fully saturated rings. The van der Waals surface area contributed by atoms with Gasteiger partial charge in [0.25, 0.3) is 0 Å². The molecule has 5 rings (SSSR count). The topological polar surface area (TPSA) is 48.6 Å². The van der Waals surface area contributed by atoms with E-state index in [9.17, 15) is 5.26 Å². The van der Waals surface area contributed by atoms with Crippen LogP contribution in [-0.4, -0.2) is 18.4 Å². The molecular weight excluding hydrogens is 358 g/mol. The molecule has 0 spiro atoms. The van der Waals surface area contributed by atoms with E-state index in [-0.39, 0.29) is 12.0 Å². The van der Waals surface area contributed by atoms with Gasteiger partial charge in [0.2, 0.25) is 0 Å². The van der Waals surface area contributed by atoms with Crippen LogP contribution in [0.5, 0.6) is 5.75 Å². The summed E-state index contributed by atoms with van der Waals surface area (Å²) >= 11 is 6.33. The van der Waals surface area contributed by atoms with Crippen LogP contribution in [0.1, 0.15) is 36.8 Å². The summed E-state index contributed by atoms with van der Waals surface area (Å²) in [4.78, 5) is 0.